The summed E-state index contributed by atoms with van der Waals surface area (Å²) >= 11 is 0. The van der Waals surface area contributed by atoms with E-state index in [1.54, 1.807) is 12.1 Å². The summed E-state index contributed by atoms with van der Waals surface area (Å²) in [4.78, 5) is 10.6. The highest BCUT2D eigenvalue weighted by molar-refractivity contribution is 5.63. The molecular weight excluding hydrogens is 244 g/mol. The molecule has 5 heteroatoms. The molecule has 0 fully saturated rings. The average Bonchev–Trinajstić information content (AvgIpc) is 2.92. The second-order valence-electron chi connectivity index (χ2n) is 4.57. The van der Waals surface area contributed by atoms with Crippen LogP contribution in [0.4, 0.5) is 11.4 Å². The number of allylic oxidation sites excluding steroid dienone is 1. The summed E-state index contributed by atoms with van der Waals surface area (Å²) in [5.41, 5.74) is 2.05. The highest BCUT2D eigenvalue weighted by Crippen LogP contribution is 2.29. The van der Waals surface area contributed by atoms with Gasteiger partial charge in [-0.05, 0) is 37.8 Å². The molecule has 0 spiro atoms. The van der Waals surface area contributed by atoms with E-state index >= 15 is 0 Å². The highest BCUT2D eigenvalue weighted by atomic mass is 16.6. The van der Waals surface area contributed by atoms with Crippen LogP contribution in [0.15, 0.2) is 29.8 Å². The van der Waals surface area contributed by atoms with Gasteiger partial charge in [-0.1, -0.05) is 11.6 Å². The van der Waals surface area contributed by atoms with Gasteiger partial charge in [0, 0.05) is 6.54 Å². The second kappa shape index (κ2) is 6.22. The predicted molar refractivity (Wildman–Crippen MR) is 74.7 cm³/mol. The number of nitro groups is 1. The van der Waals surface area contributed by atoms with Crippen LogP contribution in [-0.4, -0.2) is 18.6 Å². The average molecular weight is 262 g/mol. The van der Waals surface area contributed by atoms with E-state index in [9.17, 15) is 10.1 Å². The van der Waals surface area contributed by atoms with E-state index in [0.717, 1.165) is 25.8 Å². The van der Waals surface area contributed by atoms with Gasteiger partial charge < -0.3 is 10.1 Å². The second-order valence-corrected chi connectivity index (χ2v) is 4.57. The van der Waals surface area contributed by atoms with Crippen LogP contribution in [0.25, 0.3) is 0 Å². The number of nitrogens with zero attached hydrogens (tertiary/aromatic N) is 1. The number of hydrogen-bond donors (Lipinski definition) is 1. The zero-order valence-electron chi connectivity index (χ0n) is 11.0. The van der Waals surface area contributed by atoms with Gasteiger partial charge in [0.05, 0.1) is 18.1 Å². The van der Waals surface area contributed by atoms with E-state index < -0.39 is 0 Å². The van der Waals surface area contributed by atoms with Gasteiger partial charge in [-0.3, -0.25) is 10.1 Å². The molecule has 102 valence electrons. The summed E-state index contributed by atoms with van der Waals surface area (Å²) in [6.07, 6.45) is 6.77. The molecule has 0 saturated heterocycles. The molecule has 0 aromatic heterocycles. The Kier molecular flexibility index (Phi) is 4.39. The number of nitro benzene ring substituents is 1. The molecule has 2 rings (SSSR count). The number of rotatable bonds is 6. The molecule has 5 nitrogen and oxygen atoms in total. The minimum absolute atomic E-state index is 0.0553. The lowest BCUT2D eigenvalue weighted by Crippen LogP contribution is -2.05. The Morgan fingerprint density at radius 3 is 2.95 bits per heavy atom. The van der Waals surface area contributed by atoms with E-state index in [0.29, 0.717) is 11.4 Å². The molecule has 1 aromatic rings. The number of benzene rings is 1. The van der Waals surface area contributed by atoms with Crippen LogP contribution in [0.3, 0.4) is 0 Å². The molecule has 0 radical (unpaired) electrons. The normalized spacial score (nSPS) is 14.1. The molecule has 0 saturated carbocycles. The zero-order valence-corrected chi connectivity index (χ0v) is 11.0. The molecular formula is C14H18N2O3. The predicted octanol–water partition coefficient (Wildman–Crippen LogP) is 3.52. The SMILES string of the molecule is COc1ccc(NCCC2=CCCC2)c([N+](=O)[O-])c1. The van der Waals surface area contributed by atoms with Crippen molar-refractivity contribution in [2.24, 2.45) is 0 Å². The van der Waals surface area contributed by atoms with Crippen molar-refractivity contribution in [2.45, 2.75) is 25.7 Å². The minimum Gasteiger partial charge on any atom is -0.496 e. The third-order valence-corrected chi connectivity index (χ3v) is 3.30. The Morgan fingerprint density at radius 2 is 2.32 bits per heavy atom. The summed E-state index contributed by atoms with van der Waals surface area (Å²) in [7, 11) is 1.50. The van der Waals surface area contributed by atoms with Crippen molar-refractivity contribution >= 4 is 11.4 Å². The van der Waals surface area contributed by atoms with Crippen molar-refractivity contribution in [3.05, 3.63) is 40.0 Å². The van der Waals surface area contributed by atoms with Crippen LogP contribution < -0.4 is 10.1 Å². The summed E-state index contributed by atoms with van der Waals surface area (Å²) in [5.74, 6) is 0.496. The third kappa shape index (κ3) is 3.47. The topological polar surface area (TPSA) is 64.4 Å². The van der Waals surface area contributed by atoms with Gasteiger partial charge in [-0.15, -0.1) is 0 Å². The van der Waals surface area contributed by atoms with E-state index in [1.807, 2.05) is 0 Å². The van der Waals surface area contributed by atoms with Gasteiger partial charge in [-0.25, -0.2) is 0 Å². The van der Waals surface area contributed by atoms with Gasteiger partial charge in [0.25, 0.3) is 5.69 Å². The van der Waals surface area contributed by atoms with Crippen molar-refractivity contribution in [1.82, 2.24) is 0 Å². The van der Waals surface area contributed by atoms with Crippen LogP contribution in [0.2, 0.25) is 0 Å². The monoisotopic (exact) mass is 262 g/mol. The van der Waals surface area contributed by atoms with E-state index in [4.69, 9.17) is 4.74 Å². The quantitative estimate of drug-likeness (QED) is 0.484. The van der Waals surface area contributed by atoms with Crippen LogP contribution in [0, 0.1) is 10.1 Å². The minimum atomic E-state index is -0.389. The number of nitrogens with one attached hydrogen (secondary N) is 1. The summed E-state index contributed by atoms with van der Waals surface area (Å²) in [5, 5.41) is 14.1. The number of ether oxygens (including phenoxy) is 1. The van der Waals surface area contributed by atoms with E-state index in [2.05, 4.69) is 11.4 Å². The molecule has 1 aliphatic carbocycles. The Bertz CT molecular complexity index is 497. The summed E-state index contributed by atoms with van der Waals surface area (Å²) in [6.45, 7) is 0.721. The Morgan fingerprint density at radius 1 is 1.47 bits per heavy atom. The Hall–Kier alpha value is -2.04. The number of anilines is 1. The van der Waals surface area contributed by atoms with Crippen molar-refractivity contribution in [2.75, 3.05) is 19.0 Å². The smallest absolute Gasteiger partial charge is 0.296 e. The summed E-state index contributed by atoms with van der Waals surface area (Å²) < 4.78 is 5.00. The fourth-order valence-corrected chi connectivity index (χ4v) is 2.26. The molecule has 19 heavy (non-hydrogen) atoms. The maximum atomic E-state index is 11.0. The first kappa shape index (κ1) is 13.4. The van der Waals surface area contributed by atoms with Gasteiger partial charge in [-0.2, -0.15) is 0 Å². The number of hydrogen-bond acceptors (Lipinski definition) is 4. The van der Waals surface area contributed by atoms with Crippen molar-refractivity contribution in [3.8, 4) is 5.75 Å². The molecule has 1 aromatic carbocycles. The van der Waals surface area contributed by atoms with E-state index in [-0.39, 0.29) is 10.6 Å². The van der Waals surface area contributed by atoms with Crippen molar-refractivity contribution in [3.63, 3.8) is 0 Å². The maximum Gasteiger partial charge on any atom is 0.296 e. The standard InChI is InChI=1S/C14H18N2O3/c1-19-12-6-7-13(14(10-12)16(17)18)15-9-8-11-4-2-3-5-11/h4,6-7,10,15H,2-3,5,8-9H2,1H3. The maximum absolute atomic E-state index is 11.0. The van der Waals surface area contributed by atoms with Gasteiger partial charge in [0.15, 0.2) is 0 Å². The number of methoxy groups -OCH3 is 1. The Labute approximate surface area is 112 Å². The van der Waals surface area contributed by atoms with E-state index in [1.165, 1.54) is 25.2 Å². The zero-order chi connectivity index (χ0) is 13.7. The molecule has 0 bridgehead atoms. The molecule has 1 N–H and O–H groups in total. The molecule has 0 amide bonds. The van der Waals surface area contributed by atoms with Crippen molar-refractivity contribution < 1.29 is 9.66 Å². The molecule has 0 atom stereocenters. The Balaban J connectivity index is 2.00. The van der Waals surface area contributed by atoms with Gasteiger partial charge >= 0.3 is 0 Å². The van der Waals surface area contributed by atoms with Crippen LogP contribution >= 0.6 is 0 Å². The van der Waals surface area contributed by atoms with Crippen LogP contribution in [-0.2, 0) is 0 Å². The van der Waals surface area contributed by atoms with Crippen LogP contribution in [0.5, 0.6) is 5.75 Å². The van der Waals surface area contributed by atoms with Gasteiger partial charge in [0.1, 0.15) is 11.4 Å². The molecule has 1 aliphatic rings. The van der Waals surface area contributed by atoms with Gasteiger partial charge in [0.2, 0.25) is 0 Å². The first-order valence-electron chi connectivity index (χ1n) is 6.45. The third-order valence-electron chi connectivity index (χ3n) is 3.30. The first-order valence-corrected chi connectivity index (χ1v) is 6.45. The summed E-state index contributed by atoms with van der Waals surface area (Å²) in [6, 6.07) is 4.86. The molecule has 0 aliphatic heterocycles. The molecule has 0 heterocycles. The molecule has 0 unspecified atom stereocenters. The van der Waals surface area contributed by atoms with Crippen LogP contribution in [0.1, 0.15) is 25.7 Å². The fraction of sp³-hybridized carbons (Fsp3) is 0.429. The first-order chi connectivity index (χ1) is 9.20. The largest absolute Gasteiger partial charge is 0.496 e. The lowest BCUT2D eigenvalue weighted by molar-refractivity contribution is -0.384. The lowest BCUT2D eigenvalue weighted by atomic mass is 10.1. The highest BCUT2D eigenvalue weighted by Gasteiger charge is 2.15. The lowest BCUT2D eigenvalue weighted by Gasteiger charge is -2.08. The fourth-order valence-electron chi connectivity index (χ4n) is 2.26. The van der Waals surface area contributed by atoms with Crippen molar-refractivity contribution in [1.29, 1.82) is 0 Å².